The molecule has 0 saturated heterocycles. The fourth-order valence-electron chi connectivity index (χ4n) is 1.31. The lowest BCUT2D eigenvalue weighted by Crippen LogP contribution is -2.20. The van der Waals surface area contributed by atoms with Gasteiger partial charge in [-0.2, -0.15) is 0 Å². The Balaban J connectivity index is 2.58. The average Bonchev–Trinajstić information content (AvgIpc) is 2.33. The summed E-state index contributed by atoms with van der Waals surface area (Å²) in [4.78, 5) is 10.5. The molecule has 0 fully saturated rings. The van der Waals surface area contributed by atoms with Crippen molar-refractivity contribution in [3.05, 3.63) is 28.0 Å². The summed E-state index contributed by atoms with van der Waals surface area (Å²) in [6.07, 6.45) is 0. The van der Waals surface area contributed by atoms with E-state index in [4.69, 9.17) is 28.4 Å². The molecule has 0 aliphatic carbocycles. The van der Waals surface area contributed by atoms with Gasteiger partial charge < -0.3 is 21.5 Å². The molecule has 19 heavy (non-hydrogen) atoms. The SMILES string of the molecule is NC(=O)COCCNc1ccc(C(N)=S)c(Br)c1F. The number of hydrogen-bond donors (Lipinski definition) is 3. The number of hydrogen-bond acceptors (Lipinski definition) is 4. The van der Waals surface area contributed by atoms with Crippen LogP contribution in [0.25, 0.3) is 0 Å². The fourth-order valence-corrected chi connectivity index (χ4v) is 2.17. The van der Waals surface area contributed by atoms with Crippen LogP contribution in [0.4, 0.5) is 10.1 Å². The Labute approximate surface area is 123 Å². The number of anilines is 1. The molecule has 0 spiro atoms. The smallest absolute Gasteiger partial charge is 0.243 e. The molecule has 0 saturated carbocycles. The third kappa shape index (κ3) is 4.73. The first-order valence-electron chi connectivity index (χ1n) is 5.31. The number of carbonyl (C=O) groups is 1. The normalized spacial score (nSPS) is 10.2. The molecule has 0 atom stereocenters. The maximum atomic E-state index is 13.9. The monoisotopic (exact) mass is 349 g/mol. The zero-order valence-corrected chi connectivity index (χ0v) is 12.3. The van der Waals surface area contributed by atoms with E-state index in [9.17, 15) is 9.18 Å². The van der Waals surface area contributed by atoms with Crippen LogP contribution in [-0.2, 0) is 9.53 Å². The molecule has 1 aromatic carbocycles. The lowest BCUT2D eigenvalue weighted by atomic mass is 10.2. The van der Waals surface area contributed by atoms with E-state index >= 15 is 0 Å². The minimum atomic E-state index is -0.547. The van der Waals surface area contributed by atoms with E-state index in [1.165, 1.54) is 6.07 Å². The van der Waals surface area contributed by atoms with Gasteiger partial charge in [0.15, 0.2) is 5.82 Å². The predicted octanol–water partition coefficient (Wildman–Crippen LogP) is 1.14. The molecule has 0 aliphatic heterocycles. The second-order valence-electron chi connectivity index (χ2n) is 3.60. The van der Waals surface area contributed by atoms with Crippen molar-refractivity contribution < 1.29 is 13.9 Å². The Kier molecular flexibility index (Phi) is 6.13. The maximum Gasteiger partial charge on any atom is 0.243 e. The number of benzene rings is 1. The molecular weight excluding hydrogens is 337 g/mol. The first kappa shape index (κ1) is 15.8. The Morgan fingerprint density at radius 2 is 2.16 bits per heavy atom. The van der Waals surface area contributed by atoms with Crippen molar-refractivity contribution in [1.82, 2.24) is 0 Å². The molecule has 5 nitrogen and oxygen atoms in total. The number of ether oxygens (including phenoxy) is 1. The molecule has 0 radical (unpaired) electrons. The van der Waals surface area contributed by atoms with Gasteiger partial charge in [-0.1, -0.05) is 12.2 Å². The molecule has 0 unspecified atom stereocenters. The lowest BCUT2D eigenvalue weighted by Gasteiger charge is -2.11. The molecule has 8 heteroatoms. The van der Waals surface area contributed by atoms with Crippen LogP contribution in [0.1, 0.15) is 5.56 Å². The summed E-state index contributed by atoms with van der Waals surface area (Å²) in [5, 5.41) is 2.83. The molecule has 1 aromatic rings. The summed E-state index contributed by atoms with van der Waals surface area (Å²) < 4.78 is 19.1. The van der Waals surface area contributed by atoms with Crippen LogP contribution >= 0.6 is 28.1 Å². The second kappa shape index (κ2) is 7.37. The van der Waals surface area contributed by atoms with Crippen LogP contribution < -0.4 is 16.8 Å². The Bertz CT molecular complexity index is 499. The standard InChI is InChI=1S/C11H13BrFN3O2S/c12-9-6(11(15)19)1-2-7(10(9)13)16-3-4-18-5-8(14)17/h1-2,16H,3-5H2,(H2,14,17)(H2,15,19). The Morgan fingerprint density at radius 1 is 1.47 bits per heavy atom. The van der Waals surface area contributed by atoms with Gasteiger partial charge in [-0.3, -0.25) is 4.79 Å². The quantitative estimate of drug-likeness (QED) is 0.507. The van der Waals surface area contributed by atoms with Crippen LogP contribution in [0.15, 0.2) is 16.6 Å². The number of carbonyl (C=O) groups excluding carboxylic acids is 1. The van der Waals surface area contributed by atoms with Crippen molar-refractivity contribution in [2.24, 2.45) is 11.5 Å². The second-order valence-corrected chi connectivity index (χ2v) is 4.83. The van der Waals surface area contributed by atoms with Gasteiger partial charge in [0, 0.05) is 12.1 Å². The van der Waals surface area contributed by atoms with Gasteiger partial charge in [0.05, 0.1) is 16.8 Å². The first-order chi connectivity index (χ1) is 8.93. The molecule has 0 heterocycles. The molecule has 1 rings (SSSR count). The maximum absolute atomic E-state index is 13.9. The molecule has 1 amide bonds. The van der Waals surface area contributed by atoms with Gasteiger partial charge in [-0.15, -0.1) is 0 Å². The highest BCUT2D eigenvalue weighted by Gasteiger charge is 2.12. The van der Waals surface area contributed by atoms with Crippen LogP contribution in [0.2, 0.25) is 0 Å². The Hall–Kier alpha value is -1.25. The van der Waals surface area contributed by atoms with E-state index in [1.807, 2.05) is 0 Å². The summed E-state index contributed by atoms with van der Waals surface area (Å²) in [7, 11) is 0. The highest BCUT2D eigenvalue weighted by molar-refractivity contribution is 9.10. The highest BCUT2D eigenvalue weighted by atomic mass is 79.9. The number of amides is 1. The van der Waals surface area contributed by atoms with E-state index < -0.39 is 11.7 Å². The predicted molar refractivity (Wildman–Crippen MR) is 78.5 cm³/mol. The van der Waals surface area contributed by atoms with E-state index in [-0.39, 0.29) is 28.4 Å². The van der Waals surface area contributed by atoms with Crippen molar-refractivity contribution in [1.29, 1.82) is 0 Å². The fraction of sp³-hybridized carbons (Fsp3) is 0.273. The number of primary amides is 1. The lowest BCUT2D eigenvalue weighted by molar-refractivity contribution is -0.122. The number of nitrogens with one attached hydrogen (secondary N) is 1. The number of nitrogens with two attached hydrogens (primary N) is 2. The van der Waals surface area contributed by atoms with Crippen molar-refractivity contribution in [2.75, 3.05) is 25.1 Å². The number of thiocarbonyl (C=S) groups is 1. The minimum absolute atomic E-state index is 0.113. The van der Waals surface area contributed by atoms with Gasteiger partial charge in [-0.25, -0.2) is 4.39 Å². The van der Waals surface area contributed by atoms with Crippen molar-refractivity contribution in [2.45, 2.75) is 0 Å². The molecular formula is C11H13BrFN3O2S. The van der Waals surface area contributed by atoms with E-state index in [0.717, 1.165) is 0 Å². The summed E-state index contributed by atoms with van der Waals surface area (Å²) in [5.74, 6) is -1.03. The average molecular weight is 350 g/mol. The summed E-state index contributed by atoms with van der Waals surface area (Å²) in [6.45, 7) is 0.411. The van der Waals surface area contributed by atoms with E-state index in [2.05, 4.69) is 21.2 Å². The van der Waals surface area contributed by atoms with Gasteiger partial charge in [0.2, 0.25) is 5.91 Å². The van der Waals surface area contributed by atoms with Crippen LogP contribution in [-0.4, -0.2) is 30.7 Å². The van der Waals surface area contributed by atoms with Gasteiger partial charge in [-0.05, 0) is 28.1 Å². The third-order valence-corrected chi connectivity index (χ3v) is 3.15. The van der Waals surface area contributed by atoms with Crippen molar-refractivity contribution in [3.63, 3.8) is 0 Å². The summed E-state index contributed by atoms with van der Waals surface area (Å²) in [6, 6.07) is 3.14. The van der Waals surface area contributed by atoms with Gasteiger partial charge >= 0.3 is 0 Å². The third-order valence-electron chi connectivity index (χ3n) is 2.15. The van der Waals surface area contributed by atoms with Gasteiger partial charge in [0.1, 0.15) is 11.6 Å². The van der Waals surface area contributed by atoms with Crippen molar-refractivity contribution >= 4 is 44.7 Å². The highest BCUT2D eigenvalue weighted by Crippen LogP contribution is 2.26. The molecule has 0 aliphatic rings. The summed E-state index contributed by atoms with van der Waals surface area (Å²) >= 11 is 7.89. The Morgan fingerprint density at radius 3 is 2.74 bits per heavy atom. The van der Waals surface area contributed by atoms with Crippen molar-refractivity contribution in [3.8, 4) is 0 Å². The largest absolute Gasteiger partial charge is 0.389 e. The number of halogens is 2. The first-order valence-corrected chi connectivity index (χ1v) is 6.51. The van der Waals surface area contributed by atoms with Crippen LogP contribution in [0.3, 0.4) is 0 Å². The topological polar surface area (TPSA) is 90.4 Å². The zero-order valence-electron chi connectivity index (χ0n) is 9.91. The molecule has 104 valence electrons. The van der Waals surface area contributed by atoms with E-state index in [0.29, 0.717) is 12.1 Å². The molecule has 5 N–H and O–H groups in total. The minimum Gasteiger partial charge on any atom is -0.389 e. The van der Waals surface area contributed by atoms with Gasteiger partial charge in [0.25, 0.3) is 0 Å². The van der Waals surface area contributed by atoms with E-state index in [1.54, 1.807) is 6.07 Å². The molecule has 0 bridgehead atoms. The zero-order chi connectivity index (χ0) is 14.4. The molecule has 0 aromatic heterocycles. The van der Waals surface area contributed by atoms with Crippen LogP contribution in [0.5, 0.6) is 0 Å². The van der Waals surface area contributed by atoms with Crippen LogP contribution in [0, 0.1) is 5.82 Å². The summed E-state index contributed by atoms with van der Waals surface area (Å²) in [5.41, 5.74) is 11.1. The number of rotatable bonds is 7.